The maximum atomic E-state index is 9.32. The van der Waals surface area contributed by atoms with Gasteiger partial charge in [0.1, 0.15) is 11.3 Å². The van der Waals surface area contributed by atoms with Crippen LogP contribution >= 0.6 is 0 Å². The van der Waals surface area contributed by atoms with Crippen LogP contribution in [0.2, 0.25) is 0 Å². The molecule has 5 heteroatoms. The summed E-state index contributed by atoms with van der Waals surface area (Å²) in [6.45, 7) is 2.04. The van der Waals surface area contributed by atoms with E-state index in [-0.39, 0.29) is 5.75 Å². The van der Waals surface area contributed by atoms with Crippen LogP contribution in [-0.4, -0.2) is 20.1 Å². The van der Waals surface area contributed by atoms with Gasteiger partial charge in [0.15, 0.2) is 5.82 Å². The quantitative estimate of drug-likeness (QED) is 0.561. The Morgan fingerprint density at radius 1 is 0.960 bits per heavy atom. The standard InChI is InChI=1S/C20H18N4O/c1-12-2-7-16-17-9-13(3-4-14-5-6-15(25)11-22-14)10-23-19(17)20(21)24-18(16)8-12/h2,5-11,25H,3-4H2,1H3,(H2,21,24). The number of hydrogen-bond acceptors (Lipinski definition) is 5. The zero-order valence-corrected chi connectivity index (χ0v) is 13.9. The van der Waals surface area contributed by atoms with Crippen LogP contribution in [0.5, 0.6) is 5.75 Å². The Balaban J connectivity index is 1.73. The zero-order valence-electron chi connectivity index (χ0n) is 13.9. The molecule has 1 aromatic carbocycles. The van der Waals surface area contributed by atoms with Gasteiger partial charge in [-0.05, 0) is 55.2 Å². The predicted octanol–water partition coefficient (Wildman–Crippen LogP) is 3.56. The van der Waals surface area contributed by atoms with Gasteiger partial charge in [0.2, 0.25) is 0 Å². The molecule has 5 nitrogen and oxygen atoms in total. The van der Waals surface area contributed by atoms with Crippen molar-refractivity contribution in [1.82, 2.24) is 15.0 Å². The van der Waals surface area contributed by atoms with Gasteiger partial charge in [-0.3, -0.25) is 9.97 Å². The van der Waals surface area contributed by atoms with E-state index in [1.165, 1.54) is 6.20 Å². The van der Waals surface area contributed by atoms with Gasteiger partial charge in [-0.15, -0.1) is 0 Å². The van der Waals surface area contributed by atoms with Crippen molar-refractivity contribution in [1.29, 1.82) is 0 Å². The minimum absolute atomic E-state index is 0.181. The van der Waals surface area contributed by atoms with Gasteiger partial charge in [-0.1, -0.05) is 12.1 Å². The Kier molecular flexibility index (Phi) is 3.69. The fourth-order valence-corrected chi connectivity index (χ4v) is 3.04. The van der Waals surface area contributed by atoms with E-state index in [9.17, 15) is 5.11 Å². The average molecular weight is 330 g/mol. The fourth-order valence-electron chi connectivity index (χ4n) is 3.04. The Morgan fingerprint density at radius 3 is 2.64 bits per heavy atom. The Bertz CT molecular complexity index is 1070. The molecule has 3 heterocycles. The Morgan fingerprint density at radius 2 is 1.84 bits per heavy atom. The van der Waals surface area contributed by atoms with E-state index in [4.69, 9.17) is 5.73 Å². The second kappa shape index (κ2) is 6.02. The van der Waals surface area contributed by atoms with Crippen LogP contribution in [0.25, 0.3) is 21.8 Å². The van der Waals surface area contributed by atoms with Crippen LogP contribution in [-0.2, 0) is 12.8 Å². The van der Waals surface area contributed by atoms with Crippen molar-refractivity contribution in [2.45, 2.75) is 19.8 Å². The third kappa shape index (κ3) is 2.96. The molecule has 25 heavy (non-hydrogen) atoms. The molecule has 0 atom stereocenters. The number of nitrogens with zero attached hydrogens (tertiary/aromatic N) is 3. The highest BCUT2D eigenvalue weighted by atomic mass is 16.3. The highest BCUT2D eigenvalue weighted by Crippen LogP contribution is 2.28. The molecule has 0 saturated carbocycles. The largest absolute Gasteiger partial charge is 0.506 e. The van der Waals surface area contributed by atoms with E-state index in [1.807, 2.05) is 25.3 Å². The van der Waals surface area contributed by atoms with Gasteiger partial charge in [0, 0.05) is 22.7 Å². The van der Waals surface area contributed by atoms with E-state index in [1.54, 1.807) is 6.07 Å². The summed E-state index contributed by atoms with van der Waals surface area (Å²) in [5.41, 5.74) is 10.9. The highest BCUT2D eigenvalue weighted by molar-refractivity contribution is 6.08. The summed E-state index contributed by atoms with van der Waals surface area (Å²) in [4.78, 5) is 13.2. The van der Waals surface area contributed by atoms with Crippen molar-refractivity contribution in [2.75, 3.05) is 5.73 Å². The lowest BCUT2D eigenvalue weighted by molar-refractivity contribution is 0.472. The predicted molar refractivity (Wildman–Crippen MR) is 99.5 cm³/mol. The summed E-state index contributed by atoms with van der Waals surface area (Å²) in [6.07, 6.45) is 4.92. The lowest BCUT2D eigenvalue weighted by Crippen LogP contribution is -1.99. The molecule has 4 rings (SSSR count). The number of fused-ring (bicyclic) bond motifs is 3. The molecule has 0 amide bonds. The van der Waals surface area contributed by atoms with E-state index in [0.717, 1.165) is 51.5 Å². The summed E-state index contributed by atoms with van der Waals surface area (Å²) < 4.78 is 0. The van der Waals surface area contributed by atoms with Gasteiger partial charge in [-0.2, -0.15) is 0 Å². The second-order valence-electron chi connectivity index (χ2n) is 6.27. The number of aromatic hydroxyl groups is 1. The van der Waals surface area contributed by atoms with Gasteiger partial charge < -0.3 is 10.8 Å². The molecule has 4 aromatic rings. The van der Waals surface area contributed by atoms with Crippen LogP contribution < -0.4 is 5.73 Å². The van der Waals surface area contributed by atoms with Crippen LogP contribution in [0.4, 0.5) is 5.82 Å². The van der Waals surface area contributed by atoms with Crippen molar-refractivity contribution >= 4 is 27.6 Å². The van der Waals surface area contributed by atoms with Crippen LogP contribution in [0.3, 0.4) is 0 Å². The molecule has 0 saturated heterocycles. The molecule has 124 valence electrons. The van der Waals surface area contributed by atoms with Crippen molar-refractivity contribution in [3.8, 4) is 5.75 Å². The SMILES string of the molecule is Cc1ccc2c(c1)nc(N)c1ncc(CCc3ccc(O)cn3)cc12. The van der Waals surface area contributed by atoms with Crippen LogP contribution in [0.15, 0.2) is 48.8 Å². The number of nitrogens with two attached hydrogens (primary N) is 1. The van der Waals surface area contributed by atoms with Crippen LogP contribution in [0.1, 0.15) is 16.8 Å². The smallest absolute Gasteiger partial charge is 0.150 e. The molecule has 0 aliphatic heterocycles. The molecule has 0 aliphatic rings. The zero-order chi connectivity index (χ0) is 17.4. The van der Waals surface area contributed by atoms with Crippen molar-refractivity contribution in [2.24, 2.45) is 0 Å². The fraction of sp³-hybridized carbons (Fsp3) is 0.150. The first-order valence-corrected chi connectivity index (χ1v) is 8.18. The van der Waals surface area contributed by atoms with Crippen molar-refractivity contribution in [3.05, 3.63) is 65.6 Å². The van der Waals surface area contributed by atoms with Crippen molar-refractivity contribution in [3.63, 3.8) is 0 Å². The first-order chi connectivity index (χ1) is 12.1. The third-order valence-corrected chi connectivity index (χ3v) is 4.35. The van der Waals surface area contributed by atoms with E-state index < -0.39 is 0 Å². The lowest BCUT2D eigenvalue weighted by atomic mass is 10.0. The average Bonchev–Trinajstić information content (AvgIpc) is 2.61. The number of rotatable bonds is 3. The molecule has 0 aliphatic carbocycles. The maximum Gasteiger partial charge on any atom is 0.150 e. The summed E-state index contributed by atoms with van der Waals surface area (Å²) in [5.74, 6) is 0.640. The molecule has 0 bridgehead atoms. The lowest BCUT2D eigenvalue weighted by Gasteiger charge is -2.09. The minimum Gasteiger partial charge on any atom is -0.506 e. The molecule has 0 spiro atoms. The first kappa shape index (κ1) is 15.3. The Hall–Kier alpha value is -3.21. The number of benzene rings is 1. The Labute approximate surface area is 145 Å². The number of anilines is 1. The second-order valence-corrected chi connectivity index (χ2v) is 6.27. The van der Waals surface area contributed by atoms with E-state index in [0.29, 0.717) is 5.82 Å². The summed E-state index contributed by atoms with van der Waals surface area (Å²) in [7, 11) is 0. The number of aryl methyl sites for hydroxylation is 3. The molecule has 0 radical (unpaired) electrons. The monoisotopic (exact) mass is 330 g/mol. The third-order valence-electron chi connectivity index (χ3n) is 4.35. The summed E-state index contributed by atoms with van der Waals surface area (Å²) in [6, 6.07) is 11.8. The number of pyridine rings is 3. The topological polar surface area (TPSA) is 84.9 Å². The molecular weight excluding hydrogens is 312 g/mol. The van der Waals surface area contributed by atoms with E-state index >= 15 is 0 Å². The van der Waals surface area contributed by atoms with E-state index in [2.05, 4.69) is 33.2 Å². The van der Waals surface area contributed by atoms with Gasteiger partial charge in [0.25, 0.3) is 0 Å². The van der Waals surface area contributed by atoms with Gasteiger partial charge in [-0.25, -0.2) is 4.98 Å². The maximum absolute atomic E-state index is 9.32. The molecule has 3 aromatic heterocycles. The molecular formula is C20H18N4O. The van der Waals surface area contributed by atoms with Gasteiger partial charge in [0.05, 0.1) is 11.7 Å². The summed E-state index contributed by atoms with van der Waals surface area (Å²) in [5, 5.41) is 11.4. The summed E-state index contributed by atoms with van der Waals surface area (Å²) >= 11 is 0. The van der Waals surface area contributed by atoms with Gasteiger partial charge >= 0.3 is 0 Å². The molecule has 3 N–H and O–H groups in total. The molecule has 0 unspecified atom stereocenters. The molecule has 0 fully saturated rings. The number of aromatic nitrogens is 3. The normalized spacial score (nSPS) is 11.2. The number of nitrogen functional groups attached to an aromatic ring is 1. The first-order valence-electron chi connectivity index (χ1n) is 8.18. The highest BCUT2D eigenvalue weighted by Gasteiger charge is 2.09. The minimum atomic E-state index is 0.181. The van der Waals surface area contributed by atoms with Crippen molar-refractivity contribution < 1.29 is 5.11 Å². The number of hydrogen-bond donors (Lipinski definition) is 2. The van der Waals surface area contributed by atoms with Crippen LogP contribution in [0, 0.1) is 6.92 Å².